The Balaban J connectivity index is 2.29. The minimum atomic E-state index is 0.157. The summed E-state index contributed by atoms with van der Waals surface area (Å²) >= 11 is 5.94. The van der Waals surface area contributed by atoms with Crippen molar-refractivity contribution in [2.24, 2.45) is 10.9 Å². The van der Waals surface area contributed by atoms with Crippen molar-refractivity contribution < 1.29 is 0 Å². The van der Waals surface area contributed by atoms with Crippen molar-refractivity contribution in [1.29, 1.82) is 5.26 Å². The summed E-state index contributed by atoms with van der Waals surface area (Å²) in [6, 6.07) is 7.99. The molecule has 0 radical (unpaired) electrons. The lowest BCUT2D eigenvalue weighted by atomic mass is 10.0. The molecule has 0 N–H and O–H groups in total. The Morgan fingerprint density at radius 3 is 2.60 bits per heavy atom. The number of nitrogens with zero attached hydrogens (tertiary/aromatic N) is 4. The molecule has 2 rings (SSSR count). The van der Waals surface area contributed by atoms with Crippen molar-refractivity contribution >= 4 is 17.6 Å². The van der Waals surface area contributed by atoms with E-state index in [-0.39, 0.29) is 6.04 Å². The molecule has 5 heteroatoms. The van der Waals surface area contributed by atoms with Gasteiger partial charge in [0.1, 0.15) is 0 Å². The van der Waals surface area contributed by atoms with E-state index in [0.29, 0.717) is 5.92 Å². The van der Waals surface area contributed by atoms with Crippen LogP contribution in [0.25, 0.3) is 0 Å². The molecule has 1 aromatic carbocycles. The number of rotatable bonds is 2. The van der Waals surface area contributed by atoms with Gasteiger partial charge in [-0.15, -0.1) is 4.99 Å². The van der Waals surface area contributed by atoms with Crippen LogP contribution in [0, 0.1) is 17.4 Å². The van der Waals surface area contributed by atoms with Crippen LogP contribution >= 0.6 is 11.6 Å². The van der Waals surface area contributed by atoms with Gasteiger partial charge < -0.3 is 9.80 Å². The first-order valence-electron chi connectivity index (χ1n) is 6.73. The monoisotopic (exact) mass is 290 g/mol. The van der Waals surface area contributed by atoms with Gasteiger partial charge in [0, 0.05) is 25.2 Å². The van der Waals surface area contributed by atoms with Gasteiger partial charge >= 0.3 is 0 Å². The number of aliphatic imine (C=N–C) groups is 1. The van der Waals surface area contributed by atoms with Crippen molar-refractivity contribution in [2.45, 2.75) is 19.9 Å². The second-order valence-corrected chi connectivity index (χ2v) is 5.81. The molecular formula is C15H19ClN4. The number of benzene rings is 1. The number of guanidine groups is 1. The number of nitriles is 1. The predicted octanol–water partition coefficient (Wildman–Crippen LogP) is 3.12. The molecule has 0 aliphatic carbocycles. The molecule has 2 unspecified atom stereocenters. The van der Waals surface area contributed by atoms with Crippen LogP contribution in [0.5, 0.6) is 0 Å². The van der Waals surface area contributed by atoms with Crippen LogP contribution in [0.1, 0.15) is 25.5 Å². The lowest BCUT2D eigenvalue weighted by Gasteiger charge is -2.43. The van der Waals surface area contributed by atoms with E-state index in [4.69, 9.17) is 16.9 Å². The molecule has 20 heavy (non-hydrogen) atoms. The molecule has 0 amide bonds. The van der Waals surface area contributed by atoms with E-state index in [1.165, 1.54) is 5.56 Å². The maximum Gasteiger partial charge on any atom is 0.212 e. The summed E-state index contributed by atoms with van der Waals surface area (Å²) in [5, 5.41) is 9.63. The summed E-state index contributed by atoms with van der Waals surface area (Å²) < 4.78 is 0. The summed E-state index contributed by atoms with van der Waals surface area (Å²) in [6.45, 7) is 6.16. The Morgan fingerprint density at radius 2 is 2.00 bits per heavy atom. The third-order valence-electron chi connectivity index (χ3n) is 3.66. The Labute approximate surface area is 125 Å². The molecule has 0 spiro atoms. The number of hydrogen-bond acceptors (Lipinski definition) is 2. The zero-order valence-electron chi connectivity index (χ0n) is 12.0. The van der Waals surface area contributed by atoms with E-state index in [9.17, 15) is 0 Å². The Morgan fingerprint density at radius 1 is 1.35 bits per heavy atom. The Hall–Kier alpha value is -1.73. The fourth-order valence-electron chi connectivity index (χ4n) is 2.69. The van der Waals surface area contributed by atoms with Gasteiger partial charge in [0.2, 0.25) is 12.2 Å². The lowest BCUT2D eigenvalue weighted by molar-refractivity contribution is 0.192. The Bertz CT molecular complexity index is 532. The number of halogens is 1. The second-order valence-electron chi connectivity index (χ2n) is 5.38. The van der Waals surface area contributed by atoms with Gasteiger partial charge in [-0.2, -0.15) is 5.26 Å². The summed E-state index contributed by atoms with van der Waals surface area (Å²) in [6.07, 6.45) is 1.91. The van der Waals surface area contributed by atoms with E-state index in [0.717, 1.165) is 24.1 Å². The van der Waals surface area contributed by atoms with E-state index in [2.05, 4.69) is 23.7 Å². The summed E-state index contributed by atoms with van der Waals surface area (Å²) in [5.41, 5.74) is 1.17. The fraction of sp³-hybridized carbons (Fsp3) is 0.467. The van der Waals surface area contributed by atoms with Crippen molar-refractivity contribution in [2.75, 3.05) is 20.1 Å². The molecule has 1 aliphatic rings. The zero-order valence-corrected chi connectivity index (χ0v) is 12.8. The van der Waals surface area contributed by atoms with Gasteiger partial charge in [-0.1, -0.05) is 30.7 Å². The molecule has 106 valence electrons. The molecule has 2 atom stereocenters. The van der Waals surface area contributed by atoms with Crippen molar-refractivity contribution in [3.63, 3.8) is 0 Å². The van der Waals surface area contributed by atoms with Crippen LogP contribution in [-0.4, -0.2) is 35.9 Å². The van der Waals surface area contributed by atoms with Crippen molar-refractivity contribution in [1.82, 2.24) is 9.80 Å². The van der Waals surface area contributed by atoms with Crippen LogP contribution in [-0.2, 0) is 0 Å². The molecule has 0 saturated carbocycles. The van der Waals surface area contributed by atoms with E-state index in [1.54, 1.807) is 0 Å². The predicted molar refractivity (Wildman–Crippen MR) is 81.4 cm³/mol. The smallest absolute Gasteiger partial charge is 0.212 e. The standard InChI is InChI=1S/C15H19ClN4/c1-11-8-19(3)15(18-10-17)20(9-11)12(2)13-4-6-14(16)7-5-13/h4-7,11-12H,8-9H2,1-3H3. The average Bonchev–Trinajstić information content (AvgIpc) is 2.41. The van der Waals surface area contributed by atoms with Crippen LogP contribution in [0.2, 0.25) is 5.02 Å². The third-order valence-corrected chi connectivity index (χ3v) is 3.91. The molecule has 1 aromatic rings. The lowest BCUT2D eigenvalue weighted by Crippen LogP contribution is -2.52. The minimum Gasteiger partial charge on any atom is -0.345 e. The van der Waals surface area contributed by atoms with Gasteiger partial charge in [-0.3, -0.25) is 0 Å². The van der Waals surface area contributed by atoms with Gasteiger partial charge in [0.25, 0.3) is 0 Å². The SMILES string of the molecule is CC1CN(C)C(=NC#N)N(C(C)c2ccc(Cl)cc2)C1. The van der Waals surface area contributed by atoms with Gasteiger partial charge in [0.05, 0.1) is 6.04 Å². The van der Waals surface area contributed by atoms with Crippen LogP contribution in [0.3, 0.4) is 0 Å². The third kappa shape index (κ3) is 3.05. The Kier molecular flexibility index (Phi) is 4.51. The first-order chi connectivity index (χ1) is 9.52. The normalized spacial score (nSPS) is 22.8. The fourth-order valence-corrected chi connectivity index (χ4v) is 2.82. The molecular weight excluding hydrogens is 272 g/mol. The maximum absolute atomic E-state index is 8.90. The zero-order chi connectivity index (χ0) is 14.7. The van der Waals surface area contributed by atoms with E-state index < -0.39 is 0 Å². The van der Waals surface area contributed by atoms with E-state index in [1.807, 2.05) is 42.4 Å². The van der Waals surface area contributed by atoms with Gasteiger partial charge in [0.15, 0.2) is 0 Å². The number of hydrogen-bond donors (Lipinski definition) is 0. The highest BCUT2D eigenvalue weighted by Gasteiger charge is 2.29. The molecule has 1 fully saturated rings. The van der Waals surface area contributed by atoms with Gasteiger partial charge in [-0.05, 0) is 30.5 Å². The molecule has 4 nitrogen and oxygen atoms in total. The quantitative estimate of drug-likeness (QED) is 0.786. The molecule has 0 bridgehead atoms. The van der Waals surface area contributed by atoms with Gasteiger partial charge in [-0.25, -0.2) is 0 Å². The maximum atomic E-state index is 8.90. The van der Waals surface area contributed by atoms with Crippen LogP contribution in [0.4, 0.5) is 0 Å². The summed E-state index contributed by atoms with van der Waals surface area (Å²) in [7, 11) is 1.98. The summed E-state index contributed by atoms with van der Waals surface area (Å²) in [4.78, 5) is 8.22. The highest BCUT2D eigenvalue weighted by molar-refractivity contribution is 6.30. The largest absolute Gasteiger partial charge is 0.345 e. The molecule has 0 aromatic heterocycles. The van der Waals surface area contributed by atoms with E-state index >= 15 is 0 Å². The first kappa shape index (κ1) is 14.7. The minimum absolute atomic E-state index is 0.157. The first-order valence-corrected chi connectivity index (χ1v) is 7.10. The molecule has 1 aliphatic heterocycles. The average molecular weight is 291 g/mol. The van der Waals surface area contributed by atoms with Crippen molar-refractivity contribution in [3.8, 4) is 6.19 Å². The van der Waals surface area contributed by atoms with Crippen molar-refractivity contribution in [3.05, 3.63) is 34.9 Å². The van der Waals surface area contributed by atoms with Crippen LogP contribution < -0.4 is 0 Å². The highest BCUT2D eigenvalue weighted by Crippen LogP contribution is 2.26. The highest BCUT2D eigenvalue weighted by atomic mass is 35.5. The molecule has 1 heterocycles. The topological polar surface area (TPSA) is 42.6 Å². The second kappa shape index (κ2) is 6.15. The molecule has 1 saturated heterocycles. The summed E-state index contributed by atoms with van der Waals surface area (Å²) in [5.74, 6) is 1.28. The van der Waals surface area contributed by atoms with Crippen LogP contribution in [0.15, 0.2) is 29.3 Å².